The van der Waals surface area contributed by atoms with Gasteiger partial charge in [-0.25, -0.2) is 4.39 Å². The van der Waals surface area contributed by atoms with Crippen molar-refractivity contribution in [3.05, 3.63) is 58.0 Å². The molecule has 2 aromatic rings. The monoisotopic (exact) mass is 248 g/mol. The highest BCUT2D eigenvalue weighted by atomic mass is 32.1. The maximum absolute atomic E-state index is 13.2. The van der Waals surface area contributed by atoms with E-state index in [-0.39, 0.29) is 5.82 Å². The van der Waals surface area contributed by atoms with Gasteiger partial charge in [0.1, 0.15) is 12.1 Å². The number of carbonyl (C=O) groups is 1. The van der Waals surface area contributed by atoms with E-state index in [0.717, 1.165) is 16.7 Å². The smallest absolute Gasteiger partial charge is 0.130 e. The fraction of sp³-hybridized carbons (Fsp3) is 0.214. The van der Waals surface area contributed by atoms with Crippen LogP contribution in [0.2, 0.25) is 0 Å². The number of hydrogen-bond acceptors (Lipinski definition) is 2. The van der Waals surface area contributed by atoms with Crippen LogP contribution in [0.15, 0.2) is 41.8 Å². The van der Waals surface area contributed by atoms with Gasteiger partial charge in [-0.3, -0.25) is 0 Å². The Labute approximate surface area is 104 Å². The van der Waals surface area contributed by atoms with Crippen LogP contribution >= 0.6 is 11.3 Å². The molecule has 0 aliphatic rings. The molecule has 0 aliphatic carbocycles. The summed E-state index contributed by atoms with van der Waals surface area (Å²) < 4.78 is 13.2. The summed E-state index contributed by atoms with van der Waals surface area (Å²) in [5.74, 6) is -0.304. The van der Waals surface area contributed by atoms with Crippen molar-refractivity contribution in [1.29, 1.82) is 0 Å². The van der Waals surface area contributed by atoms with Gasteiger partial charge in [-0.15, -0.1) is 11.3 Å². The fourth-order valence-electron chi connectivity index (χ4n) is 1.83. The average Bonchev–Trinajstić information content (AvgIpc) is 2.81. The number of carbonyl (C=O) groups excluding carboxylic acids is 1. The highest BCUT2D eigenvalue weighted by molar-refractivity contribution is 7.09. The maximum atomic E-state index is 13.2. The minimum atomic E-state index is -0.660. The lowest BCUT2D eigenvalue weighted by Gasteiger charge is -2.23. The normalized spacial score (nSPS) is 14.2. The van der Waals surface area contributed by atoms with E-state index in [4.69, 9.17) is 0 Å². The van der Waals surface area contributed by atoms with Crippen molar-refractivity contribution in [3.8, 4) is 0 Å². The molecule has 0 spiro atoms. The van der Waals surface area contributed by atoms with Crippen molar-refractivity contribution < 1.29 is 9.18 Å². The van der Waals surface area contributed by atoms with Crippen molar-refractivity contribution in [3.63, 3.8) is 0 Å². The molecule has 0 N–H and O–H groups in total. The lowest BCUT2D eigenvalue weighted by Crippen LogP contribution is -2.26. The van der Waals surface area contributed by atoms with E-state index in [1.54, 1.807) is 23.5 Å². The summed E-state index contributed by atoms with van der Waals surface area (Å²) in [6.07, 6.45) is 1.51. The SMILES string of the molecule is CC(C=O)(Cc1cccs1)c1cccc(F)c1. The van der Waals surface area contributed by atoms with Gasteiger partial charge in [0.15, 0.2) is 0 Å². The first-order valence-electron chi connectivity index (χ1n) is 5.39. The Balaban J connectivity index is 2.34. The standard InChI is InChI=1S/C14H13FOS/c1-14(10-16,9-13-6-3-7-17-13)11-4-2-5-12(15)8-11/h2-8,10H,9H2,1H3. The molecule has 0 fully saturated rings. The first-order valence-corrected chi connectivity index (χ1v) is 6.27. The number of hydrogen-bond donors (Lipinski definition) is 0. The summed E-state index contributed by atoms with van der Waals surface area (Å²) in [6, 6.07) is 10.2. The minimum absolute atomic E-state index is 0.304. The second-order valence-corrected chi connectivity index (χ2v) is 5.33. The zero-order valence-corrected chi connectivity index (χ0v) is 10.3. The highest BCUT2D eigenvalue weighted by Crippen LogP contribution is 2.28. The molecule has 0 bridgehead atoms. The van der Waals surface area contributed by atoms with E-state index in [2.05, 4.69) is 0 Å². The van der Waals surface area contributed by atoms with Gasteiger partial charge in [-0.1, -0.05) is 18.2 Å². The van der Waals surface area contributed by atoms with Gasteiger partial charge in [-0.2, -0.15) is 0 Å². The van der Waals surface area contributed by atoms with Crippen molar-refractivity contribution >= 4 is 17.6 Å². The maximum Gasteiger partial charge on any atom is 0.130 e. The Hall–Kier alpha value is -1.48. The summed E-state index contributed by atoms with van der Waals surface area (Å²) in [4.78, 5) is 12.5. The van der Waals surface area contributed by atoms with Crippen LogP contribution in [0.3, 0.4) is 0 Å². The molecule has 1 heterocycles. The number of benzene rings is 1. The van der Waals surface area contributed by atoms with Crippen LogP contribution in [-0.2, 0) is 16.6 Å². The van der Waals surface area contributed by atoms with E-state index in [1.165, 1.54) is 12.1 Å². The van der Waals surface area contributed by atoms with Crippen LogP contribution < -0.4 is 0 Å². The van der Waals surface area contributed by atoms with E-state index in [1.807, 2.05) is 24.4 Å². The average molecular weight is 248 g/mol. The number of aldehydes is 1. The highest BCUT2D eigenvalue weighted by Gasteiger charge is 2.27. The van der Waals surface area contributed by atoms with Crippen molar-refractivity contribution in [1.82, 2.24) is 0 Å². The molecular weight excluding hydrogens is 235 g/mol. The summed E-state index contributed by atoms with van der Waals surface area (Å²) >= 11 is 1.61. The number of halogens is 1. The first kappa shape index (κ1) is 12.0. The van der Waals surface area contributed by atoms with E-state index in [0.29, 0.717) is 6.42 Å². The van der Waals surface area contributed by atoms with Crippen LogP contribution in [0, 0.1) is 5.82 Å². The molecule has 1 nitrogen and oxygen atoms in total. The largest absolute Gasteiger partial charge is 0.302 e. The minimum Gasteiger partial charge on any atom is -0.302 e. The molecule has 88 valence electrons. The number of rotatable bonds is 4. The zero-order valence-electron chi connectivity index (χ0n) is 9.52. The molecule has 0 saturated heterocycles. The summed E-state index contributed by atoms with van der Waals surface area (Å²) in [7, 11) is 0. The van der Waals surface area contributed by atoms with Gasteiger partial charge >= 0.3 is 0 Å². The van der Waals surface area contributed by atoms with Crippen molar-refractivity contribution in [2.45, 2.75) is 18.8 Å². The second-order valence-electron chi connectivity index (χ2n) is 4.30. The van der Waals surface area contributed by atoms with Crippen LogP contribution in [-0.4, -0.2) is 6.29 Å². The summed E-state index contributed by atoms with van der Waals surface area (Å²) in [5.41, 5.74) is 0.0633. The molecule has 0 aliphatic heterocycles. The fourth-order valence-corrected chi connectivity index (χ4v) is 2.70. The van der Waals surface area contributed by atoms with Gasteiger partial charge in [0, 0.05) is 4.88 Å². The van der Waals surface area contributed by atoms with Crippen LogP contribution in [0.5, 0.6) is 0 Å². The summed E-state index contributed by atoms with van der Waals surface area (Å²) in [5, 5.41) is 1.98. The molecule has 1 atom stereocenters. The predicted molar refractivity (Wildman–Crippen MR) is 67.8 cm³/mol. The molecular formula is C14H13FOS. The Morgan fingerprint density at radius 2 is 2.18 bits per heavy atom. The molecule has 3 heteroatoms. The lowest BCUT2D eigenvalue weighted by atomic mass is 9.80. The third-order valence-corrected chi connectivity index (χ3v) is 3.74. The van der Waals surface area contributed by atoms with E-state index >= 15 is 0 Å². The van der Waals surface area contributed by atoms with Gasteiger partial charge in [0.05, 0.1) is 5.41 Å². The Kier molecular flexibility index (Phi) is 3.38. The van der Waals surface area contributed by atoms with Crippen molar-refractivity contribution in [2.24, 2.45) is 0 Å². The third-order valence-electron chi connectivity index (χ3n) is 2.87. The summed E-state index contributed by atoms with van der Waals surface area (Å²) in [6.45, 7) is 1.84. The predicted octanol–water partition coefficient (Wildman–Crippen LogP) is 3.59. The quantitative estimate of drug-likeness (QED) is 0.756. The molecule has 1 aromatic heterocycles. The van der Waals surface area contributed by atoms with Crippen LogP contribution in [0.25, 0.3) is 0 Å². The van der Waals surface area contributed by atoms with Gasteiger partial charge < -0.3 is 4.79 Å². The molecule has 0 amide bonds. The van der Waals surface area contributed by atoms with Crippen molar-refractivity contribution in [2.75, 3.05) is 0 Å². The van der Waals surface area contributed by atoms with Gasteiger partial charge in [0.2, 0.25) is 0 Å². The second kappa shape index (κ2) is 4.80. The molecule has 1 unspecified atom stereocenters. The first-order chi connectivity index (χ1) is 8.14. The molecule has 0 radical (unpaired) electrons. The number of thiophene rings is 1. The Morgan fingerprint density at radius 1 is 1.35 bits per heavy atom. The third kappa shape index (κ3) is 2.61. The molecule has 0 saturated carbocycles. The lowest BCUT2D eigenvalue weighted by molar-refractivity contribution is -0.112. The Bertz CT molecular complexity index is 507. The molecule has 2 rings (SSSR count). The van der Waals surface area contributed by atoms with Crippen LogP contribution in [0.1, 0.15) is 17.4 Å². The topological polar surface area (TPSA) is 17.1 Å². The zero-order chi connectivity index (χ0) is 12.3. The molecule has 1 aromatic carbocycles. The van der Waals surface area contributed by atoms with Crippen LogP contribution in [0.4, 0.5) is 4.39 Å². The molecule has 17 heavy (non-hydrogen) atoms. The Morgan fingerprint density at radius 3 is 2.76 bits per heavy atom. The van der Waals surface area contributed by atoms with E-state index in [9.17, 15) is 9.18 Å². The van der Waals surface area contributed by atoms with Gasteiger partial charge in [-0.05, 0) is 42.5 Å². The van der Waals surface area contributed by atoms with E-state index < -0.39 is 5.41 Å². The van der Waals surface area contributed by atoms with Gasteiger partial charge in [0.25, 0.3) is 0 Å².